The van der Waals surface area contributed by atoms with Crippen molar-refractivity contribution in [1.29, 1.82) is 0 Å². The molecule has 0 aromatic carbocycles. The van der Waals surface area contributed by atoms with Crippen LogP contribution in [0.2, 0.25) is 0 Å². The average Bonchev–Trinajstić information content (AvgIpc) is 3.20. The van der Waals surface area contributed by atoms with Gasteiger partial charge in [-0.25, -0.2) is 0 Å². The third-order valence-electron chi connectivity index (χ3n) is 6.75. The Morgan fingerprint density at radius 2 is 2.00 bits per heavy atom. The Hall–Kier alpha value is -1.99. The number of amides is 2. The van der Waals surface area contributed by atoms with Gasteiger partial charge < -0.3 is 14.5 Å². The minimum absolute atomic E-state index is 0.0485. The lowest BCUT2D eigenvalue weighted by Gasteiger charge is -2.36. The van der Waals surface area contributed by atoms with E-state index in [4.69, 9.17) is 4.74 Å². The summed E-state index contributed by atoms with van der Waals surface area (Å²) in [5, 5.41) is 0. The number of carbonyl (C=O) groups excluding carboxylic acids is 2. The van der Waals surface area contributed by atoms with E-state index in [0.29, 0.717) is 24.6 Å². The maximum Gasteiger partial charge on any atom is 0.254 e. The van der Waals surface area contributed by atoms with Gasteiger partial charge >= 0.3 is 0 Å². The van der Waals surface area contributed by atoms with Crippen LogP contribution >= 0.6 is 0 Å². The second kappa shape index (κ2) is 9.88. The van der Waals surface area contributed by atoms with E-state index >= 15 is 0 Å². The van der Waals surface area contributed by atoms with Crippen molar-refractivity contribution in [2.24, 2.45) is 5.92 Å². The van der Waals surface area contributed by atoms with Gasteiger partial charge in [0.05, 0.1) is 19.3 Å². The summed E-state index contributed by atoms with van der Waals surface area (Å²) in [7, 11) is 0. The van der Waals surface area contributed by atoms with Crippen molar-refractivity contribution in [3.05, 3.63) is 29.6 Å². The van der Waals surface area contributed by atoms with E-state index in [1.54, 1.807) is 12.3 Å². The van der Waals surface area contributed by atoms with Crippen LogP contribution in [0.15, 0.2) is 18.3 Å². The molecule has 7 heteroatoms. The zero-order valence-corrected chi connectivity index (χ0v) is 18.1. The second-order valence-electron chi connectivity index (χ2n) is 8.85. The SMILES string of the molecule is Cc1cc(C(=O)N2CCC(N(CCCN3CCOCC3)C(=O)C3CCC3)C2)ccn1. The fourth-order valence-electron chi connectivity index (χ4n) is 4.69. The quantitative estimate of drug-likeness (QED) is 0.682. The molecular formula is C23H34N4O3. The van der Waals surface area contributed by atoms with E-state index < -0.39 is 0 Å². The van der Waals surface area contributed by atoms with Crippen molar-refractivity contribution in [2.75, 3.05) is 52.5 Å². The second-order valence-corrected chi connectivity index (χ2v) is 8.85. The number of rotatable bonds is 7. The summed E-state index contributed by atoms with van der Waals surface area (Å²) in [6.45, 7) is 8.60. The number of carbonyl (C=O) groups is 2. The van der Waals surface area contributed by atoms with E-state index in [2.05, 4.69) is 14.8 Å². The number of aryl methyl sites for hydroxylation is 1. The highest BCUT2D eigenvalue weighted by molar-refractivity contribution is 5.94. The Kier molecular flexibility index (Phi) is 7.00. The molecule has 30 heavy (non-hydrogen) atoms. The number of aromatic nitrogens is 1. The summed E-state index contributed by atoms with van der Waals surface area (Å²) in [4.78, 5) is 36.7. The molecule has 2 saturated heterocycles. The molecular weight excluding hydrogens is 380 g/mol. The molecule has 1 saturated carbocycles. The van der Waals surface area contributed by atoms with Gasteiger partial charge in [-0.05, 0) is 44.7 Å². The van der Waals surface area contributed by atoms with Gasteiger partial charge in [-0.15, -0.1) is 0 Å². The standard InChI is InChI=1S/C23H34N4O3/c1-18-16-20(6-8-24-18)22(28)26-11-7-21(17-26)27(23(29)19-4-2-5-19)10-3-9-25-12-14-30-15-13-25/h6,8,16,19,21H,2-5,7,9-15,17H2,1H3. The van der Waals surface area contributed by atoms with Crippen molar-refractivity contribution in [1.82, 2.24) is 19.7 Å². The molecule has 3 aliphatic rings. The fourth-order valence-corrected chi connectivity index (χ4v) is 4.69. The first kappa shape index (κ1) is 21.2. The molecule has 0 radical (unpaired) electrons. The van der Waals surface area contributed by atoms with Crippen molar-refractivity contribution in [3.8, 4) is 0 Å². The predicted octanol–water partition coefficient (Wildman–Crippen LogP) is 1.96. The molecule has 1 aromatic rings. The maximum absolute atomic E-state index is 13.2. The van der Waals surface area contributed by atoms with Crippen molar-refractivity contribution in [3.63, 3.8) is 0 Å². The number of pyridine rings is 1. The van der Waals surface area contributed by atoms with Crippen LogP contribution in [0.1, 0.15) is 48.2 Å². The predicted molar refractivity (Wildman–Crippen MR) is 114 cm³/mol. The van der Waals surface area contributed by atoms with Crippen LogP contribution in [0.25, 0.3) is 0 Å². The van der Waals surface area contributed by atoms with Gasteiger partial charge in [-0.3, -0.25) is 19.5 Å². The van der Waals surface area contributed by atoms with Gasteiger partial charge in [0, 0.05) is 62.6 Å². The molecule has 0 N–H and O–H groups in total. The van der Waals surface area contributed by atoms with E-state index in [-0.39, 0.29) is 17.9 Å². The summed E-state index contributed by atoms with van der Waals surface area (Å²) < 4.78 is 5.43. The summed E-state index contributed by atoms with van der Waals surface area (Å²) in [5.41, 5.74) is 1.54. The highest BCUT2D eigenvalue weighted by atomic mass is 16.5. The molecule has 4 rings (SSSR count). The minimum Gasteiger partial charge on any atom is -0.379 e. The van der Waals surface area contributed by atoms with Crippen LogP contribution < -0.4 is 0 Å². The number of likely N-dealkylation sites (tertiary alicyclic amines) is 1. The summed E-state index contributed by atoms with van der Waals surface area (Å²) in [5.74, 6) is 0.552. The van der Waals surface area contributed by atoms with Gasteiger partial charge in [0.1, 0.15) is 0 Å². The summed E-state index contributed by atoms with van der Waals surface area (Å²) in [6, 6.07) is 3.76. The number of morpholine rings is 1. The molecule has 3 fully saturated rings. The molecule has 0 spiro atoms. The van der Waals surface area contributed by atoms with Gasteiger partial charge in [0.15, 0.2) is 0 Å². The Morgan fingerprint density at radius 1 is 1.20 bits per heavy atom. The highest BCUT2D eigenvalue weighted by Crippen LogP contribution is 2.30. The molecule has 1 atom stereocenters. The maximum atomic E-state index is 13.2. The number of nitrogens with zero attached hydrogens (tertiary/aromatic N) is 4. The van der Waals surface area contributed by atoms with Gasteiger partial charge in [0.25, 0.3) is 5.91 Å². The van der Waals surface area contributed by atoms with Gasteiger partial charge in [-0.2, -0.15) is 0 Å². The third kappa shape index (κ3) is 5.01. The van der Waals surface area contributed by atoms with E-state index in [1.807, 2.05) is 17.9 Å². The highest BCUT2D eigenvalue weighted by Gasteiger charge is 2.37. The Bertz CT molecular complexity index is 746. The zero-order chi connectivity index (χ0) is 20.9. The molecule has 3 heterocycles. The van der Waals surface area contributed by atoms with Crippen LogP contribution in [0.5, 0.6) is 0 Å². The number of hydrogen-bond donors (Lipinski definition) is 0. The molecule has 2 amide bonds. The lowest BCUT2D eigenvalue weighted by Crippen LogP contribution is -2.48. The lowest BCUT2D eigenvalue weighted by atomic mass is 9.84. The van der Waals surface area contributed by atoms with Crippen LogP contribution in [0.3, 0.4) is 0 Å². The number of ether oxygens (including phenoxy) is 1. The van der Waals surface area contributed by atoms with Crippen molar-refractivity contribution in [2.45, 2.75) is 45.1 Å². The molecule has 2 aliphatic heterocycles. The summed E-state index contributed by atoms with van der Waals surface area (Å²) in [6.07, 6.45) is 6.73. The minimum atomic E-state index is 0.0485. The van der Waals surface area contributed by atoms with Crippen LogP contribution in [-0.4, -0.2) is 90.0 Å². The normalized spacial score (nSPS) is 22.7. The summed E-state index contributed by atoms with van der Waals surface area (Å²) >= 11 is 0. The Balaban J connectivity index is 1.36. The fraction of sp³-hybridized carbons (Fsp3) is 0.696. The zero-order valence-electron chi connectivity index (χ0n) is 18.1. The van der Waals surface area contributed by atoms with Crippen LogP contribution in [-0.2, 0) is 9.53 Å². The lowest BCUT2D eigenvalue weighted by molar-refractivity contribution is -0.140. The van der Waals surface area contributed by atoms with Crippen LogP contribution in [0.4, 0.5) is 0 Å². The third-order valence-corrected chi connectivity index (χ3v) is 6.75. The first-order valence-electron chi connectivity index (χ1n) is 11.4. The largest absolute Gasteiger partial charge is 0.379 e. The first-order valence-corrected chi connectivity index (χ1v) is 11.4. The van der Waals surface area contributed by atoms with E-state index in [1.165, 1.54) is 0 Å². The average molecular weight is 415 g/mol. The Labute approximate surface area is 179 Å². The molecule has 7 nitrogen and oxygen atoms in total. The van der Waals surface area contributed by atoms with Gasteiger partial charge in [-0.1, -0.05) is 6.42 Å². The van der Waals surface area contributed by atoms with Crippen molar-refractivity contribution >= 4 is 11.8 Å². The Morgan fingerprint density at radius 3 is 2.70 bits per heavy atom. The molecule has 0 bridgehead atoms. The molecule has 164 valence electrons. The van der Waals surface area contributed by atoms with E-state index in [0.717, 1.165) is 77.2 Å². The topological polar surface area (TPSA) is 66.0 Å². The molecule has 1 unspecified atom stereocenters. The number of hydrogen-bond acceptors (Lipinski definition) is 5. The smallest absolute Gasteiger partial charge is 0.254 e. The van der Waals surface area contributed by atoms with E-state index in [9.17, 15) is 9.59 Å². The molecule has 1 aromatic heterocycles. The van der Waals surface area contributed by atoms with Crippen molar-refractivity contribution < 1.29 is 14.3 Å². The molecule has 1 aliphatic carbocycles. The van der Waals surface area contributed by atoms with Crippen LogP contribution in [0, 0.1) is 12.8 Å². The monoisotopic (exact) mass is 414 g/mol. The van der Waals surface area contributed by atoms with Gasteiger partial charge in [0.2, 0.25) is 5.91 Å². The first-order chi connectivity index (χ1) is 14.6.